The number of allylic oxidation sites excluding steroid dienone is 8. The summed E-state index contributed by atoms with van der Waals surface area (Å²) in [4.78, 5) is 24.6. The molecule has 0 aromatic carbocycles. The van der Waals surface area contributed by atoms with E-state index < -0.39 is 12.1 Å². The first kappa shape index (κ1) is 69.8. The van der Waals surface area contributed by atoms with Crippen LogP contribution < -0.4 is 5.32 Å². The van der Waals surface area contributed by atoms with E-state index in [0.717, 1.165) is 77.0 Å². The van der Waals surface area contributed by atoms with Crippen molar-refractivity contribution in [3.63, 3.8) is 0 Å². The van der Waals surface area contributed by atoms with Gasteiger partial charge in [-0.05, 0) is 89.9 Å². The molecule has 0 aromatic heterocycles. The molecule has 6 nitrogen and oxygen atoms in total. The third-order valence-corrected chi connectivity index (χ3v) is 14.6. The van der Waals surface area contributed by atoms with Gasteiger partial charge < -0.3 is 20.3 Å². The van der Waals surface area contributed by atoms with E-state index in [-0.39, 0.29) is 18.5 Å². The van der Waals surface area contributed by atoms with E-state index >= 15 is 0 Å². The fourth-order valence-electron chi connectivity index (χ4n) is 9.72. The van der Waals surface area contributed by atoms with Crippen LogP contribution in [-0.4, -0.2) is 47.4 Å². The van der Waals surface area contributed by atoms with Crippen molar-refractivity contribution < 1.29 is 24.5 Å². The zero-order valence-electron chi connectivity index (χ0n) is 48.2. The molecule has 0 spiro atoms. The Kier molecular flexibility index (Phi) is 59.5. The Morgan fingerprint density at radius 1 is 0.403 bits per heavy atom. The molecule has 0 aliphatic rings. The number of carbonyl (C=O) groups excluding carboxylic acids is 2. The monoisotopic (exact) mass is 1010 g/mol. The van der Waals surface area contributed by atoms with Crippen molar-refractivity contribution in [1.29, 1.82) is 0 Å². The van der Waals surface area contributed by atoms with Crippen LogP contribution in [0.4, 0.5) is 0 Å². The molecular weight excluding hydrogens is 887 g/mol. The third-order valence-electron chi connectivity index (χ3n) is 14.6. The maximum absolute atomic E-state index is 12.5. The molecule has 3 N–H and O–H groups in total. The summed E-state index contributed by atoms with van der Waals surface area (Å²) in [6, 6.07) is -0.551. The van der Waals surface area contributed by atoms with Gasteiger partial charge in [0.05, 0.1) is 25.4 Å². The van der Waals surface area contributed by atoms with Crippen LogP contribution in [0.3, 0.4) is 0 Å². The maximum atomic E-state index is 12.5. The van der Waals surface area contributed by atoms with Crippen LogP contribution in [0.5, 0.6) is 0 Å². The van der Waals surface area contributed by atoms with Gasteiger partial charge in [-0.2, -0.15) is 0 Å². The van der Waals surface area contributed by atoms with Gasteiger partial charge in [-0.3, -0.25) is 9.59 Å². The molecule has 6 heteroatoms. The smallest absolute Gasteiger partial charge is 0.305 e. The van der Waals surface area contributed by atoms with Crippen molar-refractivity contribution in [1.82, 2.24) is 5.32 Å². The van der Waals surface area contributed by atoms with E-state index in [4.69, 9.17) is 4.74 Å². The van der Waals surface area contributed by atoms with Crippen LogP contribution in [0.2, 0.25) is 0 Å². The van der Waals surface area contributed by atoms with Crippen molar-refractivity contribution in [3.05, 3.63) is 48.6 Å². The average Bonchev–Trinajstić information content (AvgIpc) is 3.38. The van der Waals surface area contributed by atoms with E-state index in [1.807, 2.05) is 0 Å². The summed E-state index contributed by atoms with van der Waals surface area (Å²) in [5.74, 6) is -0.0697. The number of aliphatic hydroxyl groups is 2. The standard InChI is InChI=1S/C66H123NO5/c1-3-5-7-9-11-13-15-17-19-21-22-24-27-30-34-38-42-46-50-54-58-64(69)63(62-68)67-65(70)59-55-51-47-43-39-35-31-28-25-23-26-29-33-37-41-45-49-53-57-61-72-66(71)60-56-52-48-44-40-36-32-20-18-16-14-12-10-8-6-4-2/h14,16,20,29,32-33,37,41,63-64,68-69H,3-13,15,17-19,21-28,30-31,34-36,38-40,42-62H2,1-2H3,(H,67,70)/b16-14-,32-20-,33-29-,41-37-. The van der Waals surface area contributed by atoms with Crippen LogP contribution in [0.25, 0.3) is 0 Å². The Hall–Kier alpha value is -2.18. The van der Waals surface area contributed by atoms with E-state index in [0.29, 0.717) is 25.9 Å². The highest BCUT2D eigenvalue weighted by Gasteiger charge is 2.20. The number of nitrogens with one attached hydrogen (secondary N) is 1. The number of hydrogen-bond donors (Lipinski definition) is 3. The van der Waals surface area contributed by atoms with Crippen molar-refractivity contribution in [2.45, 2.75) is 347 Å². The summed E-state index contributed by atoms with van der Waals surface area (Å²) in [5.41, 5.74) is 0. The van der Waals surface area contributed by atoms with Crippen molar-refractivity contribution in [2.75, 3.05) is 13.2 Å². The Morgan fingerprint density at radius 3 is 1.15 bits per heavy atom. The van der Waals surface area contributed by atoms with Crippen LogP contribution >= 0.6 is 0 Å². The summed E-state index contributed by atoms with van der Waals surface area (Å²) in [6.07, 6.45) is 78.3. The number of hydrogen-bond acceptors (Lipinski definition) is 5. The third kappa shape index (κ3) is 57.1. The van der Waals surface area contributed by atoms with Crippen molar-refractivity contribution >= 4 is 11.9 Å². The highest BCUT2D eigenvalue weighted by molar-refractivity contribution is 5.76. The topological polar surface area (TPSA) is 95.9 Å². The molecule has 1 amide bonds. The number of esters is 1. The van der Waals surface area contributed by atoms with Crippen molar-refractivity contribution in [2.24, 2.45) is 0 Å². The zero-order chi connectivity index (χ0) is 52.2. The second-order valence-electron chi connectivity index (χ2n) is 21.8. The summed E-state index contributed by atoms with van der Waals surface area (Å²) in [7, 11) is 0. The van der Waals surface area contributed by atoms with Crippen molar-refractivity contribution in [3.8, 4) is 0 Å². The SMILES string of the molecule is CCCCCC/C=C\C/C=C\CCCCCCCC(=O)OCCCCC/C=C\C=C/CCCCCCCCCCCCC(=O)NC(CO)C(O)CCCCCCCCCCCCCCCCCCCCCC. The lowest BCUT2D eigenvalue weighted by Gasteiger charge is -2.22. The zero-order valence-corrected chi connectivity index (χ0v) is 48.2. The average molecular weight is 1010 g/mol. The molecule has 422 valence electrons. The molecule has 0 rings (SSSR count). The molecule has 0 aliphatic carbocycles. The molecule has 0 aromatic rings. The largest absolute Gasteiger partial charge is 0.466 e. The van der Waals surface area contributed by atoms with Gasteiger partial charge in [-0.25, -0.2) is 0 Å². The number of rotatable bonds is 59. The van der Waals surface area contributed by atoms with Crippen LogP contribution in [-0.2, 0) is 14.3 Å². The summed E-state index contributed by atoms with van der Waals surface area (Å²) in [5, 5.41) is 23.4. The molecule has 0 bridgehead atoms. The molecule has 0 saturated heterocycles. The second-order valence-corrected chi connectivity index (χ2v) is 21.8. The fourth-order valence-corrected chi connectivity index (χ4v) is 9.72. The Labute approximate surface area is 448 Å². The lowest BCUT2D eigenvalue weighted by atomic mass is 10.0. The lowest BCUT2D eigenvalue weighted by Crippen LogP contribution is -2.45. The quantitative estimate of drug-likeness (QED) is 0.0244. The highest BCUT2D eigenvalue weighted by Crippen LogP contribution is 2.17. The minimum Gasteiger partial charge on any atom is -0.466 e. The number of aliphatic hydroxyl groups excluding tert-OH is 2. The molecule has 72 heavy (non-hydrogen) atoms. The van der Waals surface area contributed by atoms with Gasteiger partial charge in [0.1, 0.15) is 0 Å². The van der Waals surface area contributed by atoms with Gasteiger partial charge in [0.15, 0.2) is 0 Å². The van der Waals surface area contributed by atoms with Crippen LogP contribution in [0.15, 0.2) is 48.6 Å². The molecule has 0 aliphatic heterocycles. The van der Waals surface area contributed by atoms with Crippen LogP contribution in [0.1, 0.15) is 335 Å². The molecule has 2 unspecified atom stereocenters. The van der Waals surface area contributed by atoms with E-state index in [2.05, 4.69) is 67.8 Å². The van der Waals surface area contributed by atoms with E-state index in [1.165, 1.54) is 225 Å². The normalized spacial score (nSPS) is 12.9. The minimum atomic E-state index is -0.673. The predicted octanol–water partition coefficient (Wildman–Crippen LogP) is 20.1. The minimum absolute atomic E-state index is 0.0267. The van der Waals surface area contributed by atoms with Crippen LogP contribution in [0, 0.1) is 0 Å². The number of amides is 1. The Bertz CT molecular complexity index is 1210. The Morgan fingerprint density at radius 2 is 0.736 bits per heavy atom. The second kappa shape index (κ2) is 61.4. The first-order valence-corrected chi connectivity index (χ1v) is 31.9. The predicted molar refractivity (Wildman–Crippen MR) is 315 cm³/mol. The molecule has 0 radical (unpaired) electrons. The molecule has 0 saturated carbocycles. The lowest BCUT2D eigenvalue weighted by molar-refractivity contribution is -0.143. The van der Waals surface area contributed by atoms with Gasteiger partial charge >= 0.3 is 5.97 Å². The molecule has 2 atom stereocenters. The molecule has 0 fully saturated rings. The fraction of sp³-hybridized carbons (Fsp3) is 0.848. The summed E-state index contributed by atoms with van der Waals surface area (Å²) < 4.78 is 5.45. The summed E-state index contributed by atoms with van der Waals surface area (Å²) in [6.45, 7) is 4.90. The number of ether oxygens (including phenoxy) is 1. The first-order valence-electron chi connectivity index (χ1n) is 31.9. The molecular formula is C66H123NO5. The van der Waals surface area contributed by atoms with Gasteiger partial charge in [0.25, 0.3) is 0 Å². The van der Waals surface area contributed by atoms with Gasteiger partial charge in [-0.1, -0.05) is 281 Å². The Balaban J connectivity index is 3.48. The number of unbranched alkanes of at least 4 members (excludes halogenated alkanes) is 41. The highest BCUT2D eigenvalue weighted by atomic mass is 16.5. The maximum Gasteiger partial charge on any atom is 0.305 e. The van der Waals surface area contributed by atoms with E-state index in [1.54, 1.807) is 0 Å². The number of carbonyl (C=O) groups is 2. The summed E-state index contributed by atoms with van der Waals surface area (Å²) >= 11 is 0. The van der Waals surface area contributed by atoms with E-state index in [9.17, 15) is 19.8 Å². The first-order chi connectivity index (χ1) is 35.5. The van der Waals surface area contributed by atoms with Gasteiger partial charge in [0, 0.05) is 12.8 Å². The molecule has 0 heterocycles. The van der Waals surface area contributed by atoms with Gasteiger partial charge in [-0.15, -0.1) is 0 Å². The van der Waals surface area contributed by atoms with Gasteiger partial charge in [0.2, 0.25) is 5.91 Å².